The molecule has 1 heterocycles. The van der Waals surface area contributed by atoms with Gasteiger partial charge in [0.05, 0.1) is 16.5 Å². The Balaban J connectivity index is 2.54. The molecule has 1 rings (SSSR count). The van der Waals surface area contributed by atoms with E-state index >= 15 is 0 Å². The summed E-state index contributed by atoms with van der Waals surface area (Å²) in [5, 5.41) is -0.0361. The van der Waals surface area contributed by atoms with Crippen LogP contribution in [0.1, 0.15) is 53.9 Å². The summed E-state index contributed by atoms with van der Waals surface area (Å²) in [6, 6.07) is 0. The molecule has 1 fully saturated rings. The number of rotatable bonds is 4. The monoisotopic (exact) mass is 232 g/mol. The Hall–Kier alpha value is 0.275. The van der Waals surface area contributed by atoms with Crippen LogP contribution in [0.25, 0.3) is 0 Å². The highest BCUT2D eigenvalue weighted by Gasteiger charge is 2.53. The van der Waals surface area contributed by atoms with Crippen LogP contribution in [0.5, 0.6) is 0 Å². The van der Waals surface area contributed by atoms with E-state index in [1.54, 1.807) is 0 Å². The van der Waals surface area contributed by atoms with E-state index in [1.807, 2.05) is 0 Å². The maximum absolute atomic E-state index is 6.27. The van der Waals surface area contributed by atoms with E-state index in [-0.39, 0.29) is 23.6 Å². The lowest BCUT2D eigenvalue weighted by molar-refractivity contribution is 0.00578. The minimum atomic E-state index is -0.267. The zero-order chi connectivity index (χ0) is 11.7. The van der Waals surface area contributed by atoms with Crippen molar-refractivity contribution in [2.75, 3.05) is 0 Å². The van der Waals surface area contributed by atoms with Crippen molar-refractivity contribution >= 4 is 18.7 Å². The Morgan fingerprint density at radius 2 is 1.60 bits per heavy atom. The van der Waals surface area contributed by atoms with E-state index in [1.165, 1.54) is 0 Å². The van der Waals surface area contributed by atoms with Crippen molar-refractivity contribution in [2.45, 2.75) is 70.4 Å². The summed E-state index contributed by atoms with van der Waals surface area (Å²) in [6.45, 7) is 10.4. The molecular weight excluding hydrogens is 210 g/mol. The molecule has 0 unspecified atom stereocenters. The van der Waals surface area contributed by atoms with Crippen molar-refractivity contribution in [2.24, 2.45) is 0 Å². The van der Waals surface area contributed by atoms with Gasteiger partial charge in [0, 0.05) is 0 Å². The molecule has 0 saturated carbocycles. The van der Waals surface area contributed by atoms with Gasteiger partial charge in [0.25, 0.3) is 0 Å². The predicted molar refractivity (Wildman–Crippen MR) is 65.2 cm³/mol. The molecule has 0 aromatic rings. The normalized spacial score (nSPS) is 25.6. The SMILES string of the molecule is CCCC[C@H](Cl)B1OC(C)(C)C(C)(C)O1. The molecule has 0 aliphatic carbocycles. The Morgan fingerprint density at radius 1 is 1.13 bits per heavy atom. The molecule has 0 N–H and O–H groups in total. The van der Waals surface area contributed by atoms with Gasteiger partial charge in [-0.2, -0.15) is 0 Å². The zero-order valence-corrected chi connectivity index (χ0v) is 11.2. The molecular formula is C11H22BClO2. The van der Waals surface area contributed by atoms with Gasteiger partial charge in [-0.1, -0.05) is 19.8 Å². The number of hydrogen-bond donors (Lipinski definition) is 0. The van der Waals surface area contributed by atoms with E-state index in [0.29, 0.717) is 0 Å². The Bertz CT molecular complexity index is 203. The van der Waals surface area contributed by atoms with Crippen molar-refractivity contribution in [1.82, 2.24) is 0 Å². The van der Waals surface area contributed by atoms with Gasteiger partial charge in [-0.05, 0) is 34.1 Å². The highest BCUT2D eigenvalue weighted by atomic mass is 35.5. The molecule has 1 atom stereocenters. The molecule has 88 valence electrons. The lowest BCUT2D eigenvalue weighted by atomic mass is 9.81. The van der Waals surface area contributed by atoms with Crippen molar-refractivity contribution in [3.05, 3.63) is 0 Å². The van der Waals surface area contributed by atoms with Crippen LogP contribution < -0.4 is 0 Å². The fraction of sp³-hybridized carbons (Fsp3) is 1.00. The van der Waals surface area contributed by atoms with Crippen LogP contribution in [0, 0.1) is 0 Å². The molecule has 0 aromatic heterocycles. The summed E-state index contributed by atoms with van der Waals surface area (Å²) >= 11 is 6.27. The van der Waals surface area contributed by atoms with Crippen molar-refractivity contribution in [3.63, 3.8) is 0 Å². The maximum Gasteiger partial charge on any atom is 0.476 e. The molecule has 15 heavy (non-hydrogen) atoms. The van der Waals surface area contributed by atoms with Gasteiger partial charge in [-0.3, -0.25) is 0 Å². The third-order valence-corrected chi connectivity index (χ3v) is 3.82. The Morgan fingerprint density at radius 3 is 2.00 bits per heavy atom. The lowest BCUT2D eigenvalue weighted by Gasteiger charge is -2.32. The smallest absolute Gasteiger partial charge is 0.402 e. The first kappa shape index (κ1) is 13.3. The zero-order valence-electron chi connectivity index (χ0n) is 10.5. The quantitative estimate of drug-likeness (QED) is 0.546. The summed E-state index contributed by atoms with van der Waals surface area (Å²) in [5.41, 5.74) is -0.534. The van der Waals surface area contributed by atoms with Gasteiger partial charge in [0.1, 0.15) is 0 Å². The summed E-state index contributed by atoms with van der Waals surface area (Å²) in [4.78, 5) is 0. The molecule has 0 bridgehead atoms. The standard InChI is InChI=1S/C11H22BClO2/c1-6-7-8-9(13)12-14-10(2,3)11(4,5)15-12/h9H,6-8H2,1-5H3/t9-/m0/s1. The van der Waals surface area contributed by atoms with Gasteiger partial charge in [-0.25, -0.2) is 0 Å². The first-order valence-corrected chi connectivity index (χ1v) is 6.23. The molecule has 4 heteroatoms. The molecule has 0 radical (unpaired) electrons. The van der Waals surface area contributed by atoms with E-state index in [0.717, 1.165) is 19.3 Å². The van der Waals surface area contributed by atoms with E-state index in [9.17, 15) is 0 Å². The van der Waals surface area contributed by atoms with Crippen LogP contribution >= 0.6 is 11.6 Å². The topological polar surface area (TPSA) is 18.5 Å². The first-order chi connectivity index (χ1) is 6.80. The fourth-order valence-corrected chi connectivity index (χ4v) is 1.83. The largest absolute Gasteiger partial charge is 0.476 e. The number of unbranched alkanes of at least 4 members (excludes halogenated alkanes) is 1. The second kappa shape index (κ2) is 4.64. The molecule has 2 nitrogen and oxygen atoms in total. The van der Waals surface area contributed by atoms with Crippen molar-refractivity contribution < 1.29 is 9.31 Å². The first-order valence-electron chi connectivity index (χ1n) is 5.80. The molecule has 0 aromatic carbocycles. The highest BCUT2D eigenvalue weighted by molar-refractivity contribution is 6.59. The Kier molecular flexibility index (Phi) is 4.13. The summed E-state index contributed by atoms with van der Waals surface area (Å²) in [7, 11) is -0.261. The maximum atomic E-state index is 6.27. The average Bonchev–Trinajstić information content (AvgIpc) is 2.32. The van der Waals surface area contributed by atoms with Gasteiger partial charge in [0.15, 0.2) is 0 Å². The third-order valence-electron chi connectivity index (χ3n) is 3.40. The second-order valence-corrected chi connectivity index (χ2v) is 5.84. The van der Waals surface area contributed by atoms with Gasteiger partial charge in [-0.15, -0.1) is 11.6 Å². The minimum Gasteiger partial charge on any atom is -0.402 e. The molecule has 1 aliphatic rings. The second-order valence-electron chi connectivity index (χ2n) is 5.28. The van der Waals surface area contributed by atoms with Crippen LogP contribution in [0.2, 0.25) is 0 Å². The number of hydrogen-bond acceptors (Lipinski definition) is 2. The van der Waals surface area contributed by atoms with E-state index < -0.39 is 0 Å². The molecule has 0 amide bonds. The third kappa shape index (κ3) is 2.89. The van der Waals surface area contributed by atoms with Crippen LogP contribution in [0.3, 0.4) is 0 Å². The number of alkyl halides is 1. The molecule has 1 aliphatic heterocycles. The summed E-state index contributed by atoms with van der Waals surface area (Å²) < 4.78 is 11.7. The summed E-state index contributed by atoms with van der Waals surface area (Å²) in [6.07, 6.45) is 3.23. The Labute approximate surface area is 98.8 Å². The lowest BCUT2D eigenvalue weighted by Crippen LogP contribution is -2.41. The van der Waals surface area contributed by atoms with Crippen LogP contribution in [-0.2, 0) is 9.31 Å². The van der Waals surface area contributed by atoms with Crippen LogP contribution in [0.4, 0.5) is 0 Å². The van der Waals surface area contributed by atoms with Crippen molar-refractivity contribution in [1.29, 1.82) is 0 Å². The van der Waals surface area contributed by atoms with Gasteiger partial charge < -0.3 is 9.31 Å². The molecule has 1 saturated heterocycles. The van der Waals surface area contributed by atoms with Crippen LogP contribution in [-0.4, -0.2) is 23.6 Å². The fourth-order valence-electron chi connectivity index (χ4n) is 1.57. The van der Waals surface area contributed by atoms with Crippen molar-refractivity contribution in [3.8, 4) is 0 Å². The van der Waals surface area contributed by atoms with Crippen LogP contribution in [0.15, 0.2) is 0 Å². The van der Waals surface area contributed by atoms with E-state index in [4.69, 9.17) is 20.9 Å². The minimum absolute atomic E-state index is 0.0361. The van der Waals surface area contributed by atoms with Gasteiger partial charge >= 0.3 is 7.12 Å². The summed E-state index contributed by atoms with van der Waals surface area (Å²) in [5.74, 6) is 0. The predicted octanol–water partition coefficient (Wildman–Crippen LogP) is 3.42. The molecule has 0 spiro atoms. The van der Waals surface area contributed by atoms with Gasteiger partial charge in [0.2, 0.25) is 0 Å². The highest BCUT2D eigenvalue weighted by Crippen LogP contribution is 2.38. The number of halogens is 1. The van der Waals surface area contributed by atoms with E-state index in [2.05, 4.69) is 34.6 Å². The average molecular weight is 233 g/mol.